The smallest absolute Gasteiger partial charge is 0.267 e. The van der Waals surface area contributed by atoms with Gasteiger partial charge >= 0.3 is 0 Å². The number of benzene rings is 1. The van der Waals surface area contributed by atoms with Crippen molar-refractivity contribution in [3.63, 3.8) is 0 Å². The number of fused-ring (bicyclic) bond motifs is 1. The predicted molar refractivity (Wildman–Crippen MR) is 123 cm³/mol. The minimum atomic E-state index is -0.242. The first-order valence-corrected chi connectivity index (χ1v) is 10.5. The molecule has 0 radical (unpaired) electrons. The van der Waals surface area contributed by atoms with Crippen LogP contribution in [-0.2, 0) is 0 Å². The fraction of sp³-hybridized carbons (Fsp3) is 0.238. The molecule has 0 aliphatic carbocycles. The van der Waals surface area contributed by atoms with Crippen LogP contribution in [0.1, 0.15) is 23.6 Å². The molecule has 0 aliphatic heterocycles. The van der Waals surface area contributed by atoms with E-state index in [2.05, 4.69) is 19.9 Å². The number of hydrogen-bond acceptors (Lipinski definition) is 9. The molecule has 9 nitrogen and oxygen atoms in total. The predicted octanol–water partition coefficient (Wildman–Crippen LogP) is 2.78. The highest BCUT2D eigenvalue weighted by molar-refractivity contribution is 7.99. The van der Waals surface area contributed by atoms with Gasteiger partial charge in [-0.1, -0.05) is 30.0 Å². The summed E-state index contributed by atoms with van der Waals surface area (Å²) in [7, 11) is 3.67. The van der Waals surface area contributed by atoms with Crippen molar-refractivity contribution in [2.24, 2.45) is 0 Å². The average molecular weight is 435 g/mol. The maximum Gasteiger partial charge on any atom is 0.267 e. The zero-order valence-corrected chi connectivity index (χ0v) is 18.5. The topological polar surface area (TPSA) is 116 Å². The van der Waals surface area contributed by atoms with Gasteiger partial charge in [-0.25, -0.2) is 14.5 Å². The fourth-order valence-electron chi connectivity index (χ4n) is 2.98. The molecule has 1 unspecified atom stereocenters. The number of anilines is 2. The Bertz CT molecular complexity index is 1300. The zero-order chi connectivity index (χ0) is 22.1. The second-order valence-corrected chi connectivity index (χ2v) is 8.56. The van der Waals surface area contributed by atoms with E-state index in [1.54, 1.807) is 17.2 Å². The highest BCUT2D eigenvalue weighted by Crippen LogP contribution is 2.33. The maximum absolute atomic E-state index is 13.4. The van der Waals surface area contributed by atoms with Crippen LogP contribution < -0.4 is 16.2 Å². The Kier molecular flexibility index (Phi) is 5.55. The average Bonchev–Trinajstić information content (AvgIpc) is 2.74. The minimum Gasteiger partial charge on any atom is -0.368 e. The zero-order valence-electron chi connectivity index (χ0n) is 17.6. The molecular weight excluding hydrogens is 412 g/mol. The summed E-state index contributed by atoms with van der Waals surface area (Å²) in [6.07, 6.45) is 1.73. The lowest BCUT2D eigenvalue weighted by atomic mass is 10.2. The van der Waals surface area contributed by atoms with Gasteiger partial charge in [0.2, 0.25) is 11.9 Å². The van der Waals surface area contributed by atoms with E-state index < -0.39 is 0 Å². The van der Waals surface area contributed by atoms with Gasteiger partial charge in [-0.2, -0.15) is 15.0 Å². The summed E-state index contributed by atoms with van der Waals surface area (Å²) in [6, 6.07) is 11.0. The second kappa shape index (κ2) is 8.31. The van der Waals surface area contributed by atoms with E-state index in [0.717, 1.165) is 5.56 Å². The number of para-hydroxylation sites is 1. The molecule has 0 bridgehead atoms. The van der Waals surface area contributed by atoms with Gasteiger partial charge in [-0.05, 0) is 37.6 Å². The molecule has 0 amide bonds. The van der Waals surface area contributed by atoms with Crippen molar-refractivity contribution < 1.29 is 0 Å². The Hall–Kier alpha value is -3.53. The third-order valence-electron chi connectivity index (χ3n) is 4.57. The van der Waals surface area contributed by atoms with Gasteiger partial charge in [0.25, 0.3) is 5.56 Å². The summed E-state index contributed by atoms with van der Waals surface area (Å²) in [5, 5.41) is 0.785. The summed E-state index contributed by atoms with van der Waals surface area (Å²) in [5.74, 6) is 1.63. The van der Waals surface area contributed by atoms with Crippen LogP contribution in [0, 0.1) is 6.92 Å². The molecule has 0 aliphatic rings. The molecule has 3 aromatic heterocycles. The number of nitrogens with zero attached hydrogens (tertiary/aromatic N) is 7. The molecule has 158 valence electrons. The third-order valence-corrected chi connectivity index (χ3v) is 5.62. The van der Waals surface area contributed by atoms with Gasteiger partial charge in [0.05, 0.1) is 16.2 Å². The Morgan fingerprint density at radius 3 is 2.55 bits per heavy atom. The van der Waals surface area contributed by atoms with Crippen molar-refractivity contribution in [3.05, 3.63) is 64.3 Å². The van der Waals surface area contributed by atoms with Crippen LogP contribution in [0.4, 0.5) is 11.9 Å². The normalized spacial score (nSPS) is 12.1. The van der Waals surface area contributed by atoms with Crippen molar-refractivity contribution in [1.29, 1.82) is 0 Å². The molecule has 10 heteroatoms. The van der Waals surface area contributed by atoms with Crippen LogP contribution in [0.25, 0.3) is 16.7 Å². The van der Waals surface area contributed by atoms with Gasteiger partial charge in [0, 0.05) is 20.3 Å². The van der Waals surface area contributed by atoms with E-state index >= 15 is 0 Å². The number of aromatic nitrogens is 6. The van der Waals surface area contributed by atoms with E-state index in [1.807, 2.05) is 58.3 Å². The lowest BCUT2D eigenvalue weighted by Gasteiger charge is -2.17. The summed E-state index contributed by atoms with van der Waals surface area (Å²) >= 11 is 1.37. The van der Waals surface area contributed by atoms with Crippen molar-refractivity contribution in [2.45, 2.75) is 24.3 Å². The van der Waals surface area contributed by atoms with Crippen molar-refractivity contribution in [2.75, 3.05) is 24.7 Å². The molecule has 2 N–H and O–H groups in total. The van der Waals surface area contributed by atoms with Crippen LogP contribution in [0.3, 0.4) is 0 Å². The number of rotatable bonds is 5. The molecule has 3 heterocycles. The fourth-order valence-corrected chi connectivity index (χ4v) is 3.94. The van der Waals surface area contributed by atoms with Crippen molar-refractivity contribution >= 4 is 34.6 Å². The van der Waals surface area contributed by atoms with E-state index in [-0.39, 0.29) is 16.8 Å². The monoisotopic (exact) mass is 434 g/mol. The number of nitrogen functional groups attached to an aromatic ring is 1. The first kappa shape index (κ1) is 20.7. The number of hydrogen-bond donors (Lipinski definition) is 1. The maximum atomic E-state index is 13.4. The summed E-state index contributed by atoms with van der Waals surface area (Å²) in [5.41, 5.74) is 7.33. The highest BCUT2D eigenvalue weighted by Gasteiger charge is 2.20. The molecule has 0 saturated heterocycles. The van der Waals surface area contributed by atoms with Gasteiger partial charge < -0.3 is 10.6 Å². The van der Waals surface area contributed by atoms with Crippen LogP contribution >= 0.6 is 11.8 Å². The van der Waals surface area contributed by atoms with E-state index in [1.165, 1.54) is 16.3 Å². The third kappa shape index (κ3) is 4.19. The van der Waals surface area contributed by atoms with Gasteiger partial charge in [0.1, 0.15) is 11.6 Å². The van der Waals surface area contributed by atoms with E-state index in [0.29, 0.717) is 33.6 Å². The Morgan fingerprint density at radius 1 is 1.06 bits per heavy atom. The van der Waals surface area contributed by atoms with E-state index in [9.17, 15) is 4.79 Å². The van der Waals surface area contributed by atoms with Gasteiger partial charge in [-0.15, -0.1) is 0 Å². The molecule has 0 spiro atoms. The highest BCUT2D eigenvalue weighted by atomic mass is 32.2. The van der Waals surface area contributed by atoms with Crippen LogP contribution in [0.5, 0.6) is 0 Å². The molecule has 31 heavy (non-hydrogen) atoms. The standard InChI is InChI=1S/C21H22N8OS/c1-12-9-10-16(23-11-12)29-18(30)14-7-5-6-8-15(14)24-21(29)31-13(2)17-25-19(22)27-20(26-17)28(3)4/h5-11,13H,1-4H3,(H2,22,25,26,27). The Morgan fingerprint density at radius 2 is 1.84 bits per heavy atom. The summed E-state index contributed by atoms with van der Waals surface area (Å²) in [4.78, 5) is 37.2. The second-order valence-electron chi connectivity index (χ2n) is 7.25. The molecule has 1 atom stereocenters. The molecule has 1 aromatic carbocycles. The van der Waals surface area contributed by atoms with Gasteiger partial charge in [0.15, 0.2) is 5.16 Å². The van der Waals surface area contributed by atoms with Crippen LogP contribution in [-0.4, -0.2) is 43.6 Å². The lowest BCUT2D eigenvalue weighted by Crippen LogP contribution is -2.23. The molecule has 4 rings (SSSR count). The summed E-state index contributed by atoms with van der Waals surface area (Å²) in [6.45, 7) is 3.89. The van der Waals surface area contributed by atoms with Gasteiger partial charge in [-0.3, -0.25) is 4.79 Å². The Labute approximate surface area is 183 Å². The molecule has 0 saturated carbocycles. The number of thioether (sulfide) groups is 1. The van der Waals surface area contributed by atoms with Crippen molar-refractivity contribution in [1.82, 2.24) is 29.5 Å². The number of nitrogens with two attached hydrogens (primary N) is 1. The largest absolute Gasteiger partial charge is 0.368 e. The van der Waals surface area contributed by atoms with Crippen molar-refractivity contribution in [3.8, 4) is 5.82 Å². The lowest BCUT2D eigenvalue weighted by molar-refractivity contribution is 0.785. The summed E-state index contributed by atoms with van der Waals surface area (Å²) < 4.78 is 1.53. The number of pyridine rings is 1. The molecule has 0 fully saturated rings. The molecule has 4 aromatic rings. The number of aryl methyl sites for hydroxylation is 1. The first-order valence-electron chi connectivity index (χ1n) is 9.63. The SMILES string of the molecule is Cc1ccc(-n2c(SC(C)c3nc(N)nc(N(C)C)n3)nc3ccccc3c2=O)nc1. The Balaban J connectivity index is 1.84. The quantitative estimate of drug-likeness (QED) is 0.374. The first-order chi connectivity index (χ1) is 14.8. The minimum absolute atomic E-state index is 0.144. The molecular formula is C21H22N8OS. The van der Waals surface area contributed by atoms with Crippen LogP contribution in [0.15, 0.2) is 52.5 Å². The van der Waals surface area contributed by atoms with E-state index in [4.69, 9.17) is 10.7 Å². The van der Waals surface area contributed by atoms with Crippen LogP contribution in [0.2, 0.25) is 0 Å².